The number of rotatable bonds is 5. The number of aliphatic hydroxyl groups is 1. The van der Waals surface area contributed by atoms with Crippen LogP contribution in [0.3, 0.4) is 0 Å². The molecule has 4 rings (SSSR count). The molecule has 0 saturated carbocycles. The van der Waals surface area contributed by atoms with Gasteiger partial charge in [-0.05, 0) is 17.7 Å². The van der Waals surface area contributed by atoms with Crippen molar-refractivity contribution in [1.29, 1.82) is 0 Å². The molecule has 1 unspecified atom stereocenters. The molecule has 25 heavy (non-hydrogen) atoms. The molecule has 3 aromatic rings. The van der Waals surface area contributed by atoms with Gasteiger partial charge in [-0.3, -0.25) is 9.80 Å². The number of nitrogens with zero attached hydrogens (tertiary/aromatic N) is 3. The quantitative estimate of drug-likeness (QED) is 0.776. The fourth-order valence-electron chi connectivity index (χ4n) is 3.33. The molecule has 2 aromatic carbocycles. The highest BCUT2D eigenvalue weighted by atomic mass is 16.3. The van der Waals surface area contributed by atoms with Crippen molar-refractivity contribution in [2.45, 2.75) is 12.6 Å². The molecular formula is C20H23N3O2. The summed E-state index contributed by atoms with van der Waals surface area (Å²) in [5.41, 5.74) is 2.75. The first-order chi connectivity index (χ1) is 12.3. The summed E-state index contributed by atoms with van der Waals surface area (Å²) < 4.78 is 5.81. The number of oxazole rings is 1. The maximum absolute atomic E-state index is 10.4. The minimum absolute atomic E-state index is 0.426. The molecule has 1 N–H and O–H groups in total. The first-order valence-corrected chi connectivity index (χ1v) is 8.80. The van der Waals surface area contributed by atoms with Crippen molar-refractivity contribution in [3.05, 3.63) is 66.1 Å². The lowest BCUT2D eigenvalue weighted by molar-refractivity contribution is 0.0673. The third-order valence-corrected chi connectivity index (χ3v) is 4.78. The predicted octanol–water partition coefficient (Wildman–Crippen LogP) is 2.68. The van der Waals surface area contributed by atoms with Crippen LogP contribution in [0.5, 0.6) is 0 Å². The number of fused-ring (bicyclic) bond motifs is 1. The van der Waals surface area contributed by atoms with Crippen LogP contribution in [0.2, 0.25) is 0 Å². The van der Waals surface area contributed by atoms with E-state index in [1.165, 1.54) is 0 Å². The number of aromatic nitrogens is 1. The summed E-state index contributed by atoms with van der Waals surface area (Å²) in [6.07, 6.45) is -0.426. The fraction of sp³-hybridized carbons (Fsp3) is 0.350. The van der Waals surface area contributed by atoms with Gasteiger partial charge in [0.15, 0.2) is 5.58 Å². The van der Waals surface area contributed by atoms with E-state index in [1.54, 1.807) is 0 Å². The van der Waals surface area contributed by atoms with Gasteiger partial charge >= 0.3 is 0 Å². The zero-order valence-electron chi connectivity index (χ0n) is 14.2. The van der Waals surface area contributed by atoms with Gasteiger partial charge in [-0.1, -0.05) is 42.5 Å². The summed E-state index contributed by atoms with van der Waals surface area (Å²) >= 11 is 0. The van der Waals surface area contributed by atoms with Gasteiger partial charge in [0, 0.05) is 32.7 Å². The van der Waals surface area contributed by atoms with Crippen LogP contribution in [0.15, 0.2) is 59.0 Å². The topological polar surface area (TPSA) is 52.7 Å². The second-order valence-corrected chi connectivity index (χ2v) is 6.58. The van der Waals surface area contributed by atoms with E-state index in [9.17, 15) is 5.11 Å². The van der Waals surface area contributed by atoms with Crippen LogP contribution in [0.25, 0.3) is 11.1 Å². The van der Waals surface area contributed by atoms with Gasteiger partial charge in [-0.2, -0.15) is 0 Å². The molecule has 1 aliphatic heterocycles. The average Bonchev–Trinajstić information content (AvgIpc) is 3.06. The van der Waals surface area contributed by atoms with Crippen molar-refractivity contribution in [2.24, 2.45) is 0 Å². The number of aliphatic hydroxyl groups excluding tert-OH is 1. The Balaban J connectivity index is 1.29. The van der Waals surface area contributed by atoms with E-state index in [-0.39, 0.29) is 0 Å². The molecule has 1 atom stereocenters. The van der Waals surface area contributed by atoms with Crippen LogP contribution in [0.1, 0.15) is 17.6 Å². The Morgan fingerprint density at radius 2 is 1.60 bits per heavy atom. The molecule has 1 saturated heterocycles. The molecule has 1 aromatic heterocycles. The maximum atomic E-state index is 10.4. The maximum Gasteiger partial charge on any atom is 0.209 e. The summed E-state index contributed by atoms with van der Waals surface area (Å²) in [5.74, 6) is 0.777. The lowest BCUT2D eigenvalue weighted by Crippen LogP contribution is -2.47. The number of benzene rings is 2. The van der Waals surface area contributed by atoms with E-state index >= 15 is 0 Å². The van der Waals surface area contributed by atoms with Crippen molar-refractivity contribution in [3.63, 3.8) is 0 Å². The number of β-amino-alcohol motifs (C(OH)–C–C–N with tert-alkyl or cyclic N) is 1. The van der Waals surface area contributed by atoms with Crippen molar-refractivity contribution in [1.82, 2.24) is 14.8 Å². The van der Waals surface area contributed by atoms with Gasteiger partial charge in [0.1, 0.15) is 5.52 Å². The third-order valence-electron chi connectivity index (χ3n) is 4.78. The Hall–Kier alpha value is -2.21. The van der Waals surface area contributed by atoms with E-state index < -0.39 is 6.10 Å². The SMILES string of the molecule is OC(CN1CCN(Cc2nc3ccccc3o2)CC1)c1ccccc1. The Morgan fingerprint density at radius 1 is 0.920 bits per heavy atom. The summed E-state index contributed by atoms with van der Waals surface area (Å²) in [5, 5.41) is 10.4. The van der Waals surface area contributed by atoms with E-state index in [1.807, 2.05) is 54.6 Å². The van der Waals surface area contributed by atoms with Gasteiger partial charge < -0.3 is 9.52 Å². The van der Waals surface area contributed by atoms with Crippen molar-refractivity contribution in [2.75, 3.05) is 32.7 Å². The van der Waals surface area contributed by atoms with E-state index in [0.717, 1.165) is 55.3 Å². The predicted molar refractivity (Wildman–Crippen MR) is 97.1 cm³/mol. The largest absolute Gasteiger partial charge is 0.439 e. The first-order valence-electron chi connectivity index (χ1n) is 8.80. The summed E-state index contributed by atoms with van der Waals surface area (Å²) in [7, 11) is 0. The standard InChI is InChI=1S/C20H23N3O2/c24-18(16-6-2-1-3-7-16)14-22-10-12-23(13-11-22)15-20-21-17-8-4-5-9-19(17)25-20/h1-9,18,24H,10-15H2. The Kier molecular flexibility index (Phi) is 4.78. The Labute approximate surface area is 147 Å². The molecule has 130 valence electrons. The number of hydrogen-bond donors (Lipinski definition) is 1. The Bertz CT molecular complexity index is 777. The van der Waals surface area contributed by atoms with Crippen LogP contribution in [0.4, 0.5) is 0 Å². The number of hydrogen-bond acceptors (Lipinski definition) is 5. The smallest absolute Gasteiger partial charge is 0.209 e. The highest BCUT2D eigenvalue weighted by molar-refractivity contribution is 5.72. The summed E-state index contributed by atoms with van der Waals surface area (Å²) in [6.45, 7) is 5.24. The van der Waals surface area contributed by atoms with Crippen molar-refractivity contribution < 1.29 is 9.52 Å². The van der Waals surface area contributed by atoms with Gasteiger partial charge in [-0.15, -0.1) is 0 Å². The molecule has 0 spiro atoms. The molecule has 0 aliphatic carbocycles. The molecule has 0 radical (unpaired) electrons. The lowest BCUT2D eigenvalue weighted by Gasteiger charge is -2.35. The molecule has 5 heteroatoms. The number of piperazine rings is 1. The summed E-state index contributed by atoms with van der Waals surface area (Å²) in [4.78, 5) is 9.23. The molecule has 5 nitrogen and oxygen atoms in total. The second-order valence-electron chi connectivity index (χ2n) is 6.58. The van der Waals surface area contributed by atoms with E-state index in [2.05, 4.69) is 14.8 Å². The lowest BCUT2D eigenvalue weighted by atomic mass is 10.1. The highest BCUT2D eigenvalue weighted by Gasteiger charge is 2.21. The van der Waals surface area contributed by atoms with Gasteiger partial charge in [-0.25, -0.2) is 4.98 Å². The Morgan fingerprint density at radius 3 is 2.36 bits per heavy atom. The van der Waals surface area contributed by atoms with Crippen molar-refractivity contribution in [3.8, 4) is 0 Å². The monoisotopic (exact) mass is 337 g/mol. The molecule has 2 heterocycles. The summed E-state index contributed by atoms with van der Waals surface area (Å²) in [6, 6.07) is 17.7. The minimum Gasteiger partial charge on any atom is -0.439 e. The molecule has 1 fully saturated rings. The first kappa shape index (κ1) is 16.3. The van der Waals surface area contributed by atoms with Crippen LogP contribution >= 0.6 is 0 Å². The van der Waals surface area contributed by atoms with E-state index in [0.29, 0.717) is 6.54 Å². The van der Waals surface area contributed by atoms with Crippen LogP contribution in [-0.2, 0) is 6.54 Å². The average molecular weight is 337 g/mol. The molecule has 1 aliphatic rings. The highest BCUT2D eigenvalue weighted by Crippen LogP contribution is 2.18. The van der Waals surface area contributed by atoms with Crippen LogP contribution in [0, 0.1) is 0 Å². The van der Waals surface area contributed by atoms with Crippen LogP contribution < -0.4 is 0 Å². The molecule has 0 amide bonds. The second kappa shape index (κ2) is 7.35. The fourth-order valence-corrected chi connectivity index (χ4v) is 3.33. The zero-order valence-corrected chi connectivity index (χ0v) is 14.2. The third kappa shape index (κ3) is 3.90. The zero-order chi connectivity index (χ0) is 17.1. The minimum atomic E-state index is -0.426. The van der Waals surface area contributed by atoms with E-state index in [4.69, 9.17) is 4.42 Å². The van der Waals surface area contributed by atoms with Gasteiger partial charge in [0.25, 0.3) is 0 Å². The van der Waals surface area contributed by atoms with Crippen molar-refractivity contribution >= 4 is 11.1 Å². The molecular weight excluding hydrogens is 314 g/mol. The number of para-hydroxylation sites is 2. The van der Waals surface area contributed by atoms with Gasteiger partial charge in [0.05, 0.1) is 12.6 Å². The van der Waals surface area contributed by atoms with Crippen LogP contribution in [-0.4, -0.2) is 52.6 Å². The molecule has 0 bridgehead atoms. The van der Waals surface area contributed by atoms with Gasteiger partial charge in [0.2, 0.25) is 5.89 Å². The normalized spacial score (nSPS) is 17.8.